The summed E-state index contributed by atoms with van der Waals surface area (Å²) in [5.41, 5.74) is 0.544. The standard InChI is InChI=1S/C23H25Cl2N3O3/c1-12(2)9-14-11-16(21(29)26-18-10-13(24)7-8-19(18)31-3)23(28-14)15-5-4-6-17(25)20(15)27-22(23)30/h4-8,10,12,14,16,28H,9,11H2,1-3H3,(H,26,29)(H,27,30)/t14-,16+,23-/m0/s1. The third kappa shape index (κ3) is 3.77. The molecule has 0 unspecified atom stereocenters. The molecule has 4 rings (SSSR count). The third-order valence-electron chi connectivity index (χ3n) is 6.00. The first-order chi connectivity index (χ1) is 14.8. The second-order valence-electron chi connectivity index (χ2n) is 8.52. The average molecular weight is 462 g/mol. The number of hydrogen-bond acceptors (Lipinski definition) is 4. The number of methoxy groups -OCH3 is 1. The van der Waals surface area contributed by atoms with E-state index in [1.54, 1.807) is 30.3 Å². The SMILES string of the molecule is COc1ccc(Cl)cc1NC(=O)[C@H]1C[C@H](CC(C)C)N[C@]12C(=O)Nc1c(Cl)cccc12. The quantitative estimate of drug-likeness (QED) is 0.596. The maximum Gasteiger partial charge on any atom is 0.250 e. The Morgan fingerprint density at radius 2 is 2.06 bits per heavy atom. The van der Waals surface area contributed by atoms with E-state index in [1.807, 2.05) is 6.07 Å². The maximum atomic E-state index is 13.6. The summed E-state index contributed by atoms with van der Waals surface area (Å²) in [7, 11) is 1.53. The second-order valence-corrected chi connectivity index (χ2v) is 9.36. The van der Waals surface area contributed by atoms with Crippen molar-refractivity contribution >= 4 is 46.4 Å². The van der Waals surface area contributed by atoms with Gasteiger partial charge in [0.05, 0.1) is 29.4 Å². The van der Waals surface area contributed by atoms with Crippen molar-refractivity contribution in [3.05, 3.63) is 52.0 Å². The molecule has 2 aromatic carbocycles. The Balaban J connectivity index is 1.75. The lowest BCUT2D eigenvalue weighted by molar-refractivity contribution is -0.130. The zero-order chi connectivity index (χ0) is 22.3. The lowest BCUT2D eigenvalue weighted by Crippen LogP contribution is -2.52. The number of para-hydroxylation sites is 1. The van der Waals surface area contributed by atoms with Gasteiger partial charge in [0, 0.05) is 16.6 Å². The van der Waals surface area contributed by atoms with Gasteiger partial charge in [-0.25, -0.2) is 0 Å². The van der Waals surface area contributed by atoms with E-state index in [4.69, 9.17) is 27.9 Å². The number of carbonyl (C=O) groups is 2. The molecule has 0 radical (unpaired) electrons. The van der Waals surface area contributed by atoms with Gasteiger partial charge in [-0.05, 0) is 43.0 Å². The van der Waals surface area contributed by atoms with E-state index in [9.17, 15) is 9.59 Å². The van der Waals surface area contributed by atoms with E-state index < -0.39 is 11.5 Å². The van der Waals surface area contributed by atoms with E-state index in [0.717, 1.165) is 6.42 Å². The van der Waals surface area contributed by atoms with Gasteiger partial charge in [0.15, 0.2) is 0 Å². The van der Waals surface area contributed by atoms with Crippen LogP contribution in [-0.4, -0.2) is 25.0 Å². The zero-order valence-electron chi connectivity index (χ0n) is 17.6. The van der Waals surface area contributed by atoms with E-state index in [0.29, 0.717) is 45.1 Å². The zero-order valence-corrected chi connectivity index (χ0v) is 19.1. The Labute approximate surface area is 191 Å². The van der Waals surface area contributed by atoms with Crippen LogP contribution in [0.25, 0.3) is 0 Å². The predicted octanol–water partition coefficient (Wildman–Crippen LogP) is 4.81. The predicted molar refractivity (Wildman–Crippen MR) is 123 cm³/mol. The molecule has 8 heteroatoms. The average Bonchev–Trinajstić information content (AvgIpc) is 3.22. The minimum absolute atomic E-state index is 0.00712. The molecule has 1 fully saturated rings. The van der Waals surface area contributed by atoms with Crippen molar-refractivity contribution in [2.24, 2.45) is 11.8 Å². The lowest BCUT2D eigenvalue weighted by Gasteiger charge is -2.29. The third-order valence-corrected chi connectivity index (χ3v) is 6.55. The molecule has 2 heterocycles. The fourth-order valence-corrected chi connectivity index (χ4v) is 5.17. The van der Waals surface area contributed by atoms with Crippen molar-refractivity contribution in [3.8, 4) is 5.75 Å². The molecular formula is C23H25Cl2N3O3. The van der Waals surface area contributed by atoms with Crippen LogP contribution in [0.15, 0.2) is 36.4 Å². The molecule has 0 saturated carbocycles. The van der Waals surface area contributed by atoms with Crippen LogP contribution in [0.4, 0.5) is 11.4 Å². The number of halogens is 2. The molecule has 6 nitrogen and oxygen atoms in total. The van der Waals surface area contributed by atoms with Crippen LogP contribution in [0.2, 0.25) is 10.0 Å². The number of nitrogens with one attached hydrogen (secondary N) is 3. The highest BCUT2D eigenvalue weighted by Gasteiger charge is 2.60. The van der Waals surface area contributed by atoms with E-state index in [2.05, 4.69) is 29.8 Å². The Bertz CT molecular complexity index is 1040. The number of amides is 2. The van der Waals surface area contributed by atoms with Gasteiger partial charge in [-0.3, -0.25) is 14.9 Å². The minimum atomic E-state index is -1.18. The number of ether oxygens (including phenoxy) is 1. The maximum absolute atomic E-state index is 13.6. The van der Waals surface area contributed by atoms with Crippen molar-refractivity contribution in [3.63, 3.8) is 0 Å². The van der Waals surface area contributed by atoms with Gasteiger partial charge in [0.2, 0.25) is 11.8 Å². The molecule has 164 valence electrons. The molecular weight excluding hydrogens is 437 g/mol. The molecule has 1 spiro atoms. The molecule has 0 aliphatic carbocycles. The molecule has 2 aliphatic rings. The molecule has 2 amide bonds. The number of hydrogen-bond donors (Lipinski definition) is 3. The molecule has 2 aromatic rings. The summed E-state index contributed by atoms with van der Waals surface area (Å²) in [5, 5.41) is 10.3. The van der Waals surface area contributed by atoms with Crippen molar-refractivity contribution < 1.29 is 14.3 Å². The van der Waals surface area contributed by atoms with Crippen LogP contribution in [-0.2, 0) is 15.1 Å². The van der Waals surface area contributed by atoms with Gasteiger partial charge in [-0.15, -0.1) is 0 Å². The summed E-state index contributed by atoms with van der Waals surface area (Å²) >= 11 is 12.5. The van der Waals surface area contributed by atoms with E-state index in [-0.39, 0.29) is 17.9 Å². The molecule has 3 atom stereocenters. The fourth-order valence-electron chi connectivity index (χ4n) is 4.77. The summed E-state index contributed by atoms with van der Waals surface area (Å²) in [5.74, 6) is -0.273. The largest absolute Gasteiger partial charge is 0.495 e. The summed E-state index contributed by atoms with van der Waals surface area (Å²) in [4.78, 5) is 26.9. The number of fused-ring (bicyclic) bond motifs is 2. The second kappa shape index (κ2) is 8.34. The normalized spacial score (nSPS) is 24.4. The van der Waals surface area contributed by atoms with Gasteiger partial charge >= 0.3 is 0 Å². The van der Waals surface area contributed by atoms with E-state index in [1.165, 1.54) is 7.11 Å². The Morgan fingerprint density at radius 3 is 2.77 bits per heavy atom. The highest BCUT2D eigenvalue weighted by atomic mass is 35.5. The van der Waals surface area contributed by atoms with Gasteiger partial charge in [-0.2, -0.15) is 0 Å². The fraction of sp³-hybridized carbons (Fsp3) is 0.391. The molecule has 2 aliphatic heterocycles. The van der Waals surface area contributed by atoms with E-state index >= 15 is 0 Å². The first kappa shape index (κ1) is 21.9. The Hall–Kier alpha value is -2.28. The molecule has 0 bridgehead atoms. The van der Waals surface area contributed by atoms with Crippen LogP contribution >= 0.6 is 23.2 Å². The Morgan fingerprint density at radius 1 is 1.29 bits per heavy atom. The highest BCUT2D eigenvalue weighted by Crippen LogP contribution is 2.50. The lowest BCUT2D eigenvalue weighted by atomic mass is 9.79. The summed E-state index contributed by atoms with van der Waals surface area (Å²) in [6.45, 7) is 4.25. The number of benzene rings is 2. The van der Waals surface area contributed by atoms with Crippen molar-refractivity contribution in [2.45, 2.75) is 38.3 Å². The van der Waals surface area contributed by atoms with Crippen LogP contribution in [0.5, 0.6) is 5.75 Å². The van der Waals surface area contributed by atoms with Crippen molar-refractivity contribution in [1.82, 2.24) is 5.32 Å². The summed E-state index contributed by atoms with van der Waals surface area (Å²) in [6.07, 6.45) is 1.36. The summed E-state index contributed by atoms with van der Waals surface area (Å²) in [6, 6.07) is 10.4. The monoisotopic (exact) mass is 461 g/mol. The summed E-state index contributed by atoms with van der Waals surface area (Å²) < 4.78 is 5.36. The van der Waals surface area contributed by atoms with Crippen LogP contribution in [0, 0.1) is 11.8 Å². The van der Waals surface area contributed by atoms with Crippen LogP contribution in [0.3, 0.4) is 0 Å². The van der Waals surface area contributed by atoms with Gasteiger partial charge in [-0.1, -0.05) is 49.2 Å². The van der Waals surface area contributed by atoms with Gasteiger partial charge < -0.3 is 15.4 Å². The van der Waals surface area contributed by atoms with Crippen molar-refractivity contribution in [2.75, 3.05) is 17.7 Å². The number of rotatable bonds is 5. The molecule has 31 heavy (non-hydrogen) atoms. The minimum Gasteiger partial charge on any atom is -0.495 e. The smallest absolute Gasteiger partial charge is 0.250 e. The van der Waals surface area contributed by atoms with Crippen LogP contribution in [0.1, 0.15) is 32.3 Å². The first-order valence-corrected chi connectivity index (χ1v) is 11.0. The van der Waals surface area contributed by atoms with Gasteiger partial charge in [0.1, 0.15) is 11.3 Å². The Kier molecular flexibility index (Phi) is 5.90. The molecule has 0 aromatic heterocycles. The molecule has 3 N–H and O–H groups in total. The topological polar surface area (TPSA) is 79.5 Å². The first-order valence-electron chi connectivity index (χ1n) is 10.3. The van der Waals surface area contributed by atoms with Gasteiger partial charge in [0.25, 0.3) is 0 Å². The van der Waals surface area contributed by atoms with Crippen LogP contribution < -0.4 is 20.7 Å². The van der Waals surface area contributed by atoms with Crippen molar-refractivity contribution in [1.29, 1.82) is 0 Å². The number of anilines is 2. The molecule has 1 saturated heterocycles. The number of carbonyl (C=O) groups excluding carboxylic acids is 2. The highest BCUT2D eigenvalue weighted by molar-refractivity contribution is 6.35.